The molecule has 0 radical (unpaired) electrons. The molecule has 0 aliphatic heterocycles. The number of benzene rings is 1. The van der Waals surface area contributed by atoms with Crippen LogP contribution in [0, 0.1) is 0 Å². The van der Waals surface area contributed by atoms with E-state index in [1.165, 1.54) is 0 Å². The Bertz CT molecular complexity index is 507. The SMILES string of the molecule is CCCn1nncc1-c1ccc(CN)c(Cl)c1. The van der Waals surface area contributed by atoms with E-state index in [0.717, 1.165) is 29.8 Å². The zero-order chi connectivity index (χ0) is 12.3. The van der Waals surface area contributed by atoms with Crippen LogP contribution in [0.5, 0.6) is 0 Å². The number of halogens is 1. The minimum Gasteiger partial charge on any atom is -0.326 e. The minimum atomic E-state index is 0.450. The highest BCUT2D eigenvalue weighted by Gasteiger charge is 2.08. The molecule has 2 aromatic rings. The van der Waals surface area contributed by atoms with Crippen LogP contribution in [0.1, 0.15) is 18.9 Å². The summed E-state index contributed by atoms with van der Waals surface area (Å²) in [6, 6.07) is 5.86. The molecule has 0 unspecified atom stereocenters. The van der Waals surface area contributed by atoms with Crippen molar-refractivity contribution in [3.63, 3.8) is 0 Å². The van der Waals surface area contributed by atoms with Gasteiger partial charge in [0.15, 0.2) is 0 Å². The normalized spacial score (nSPS) is 10.8. The van der Waals surface area contributed by atoms with Gasteiger partial charge >= 0.3 is 0 Å². The summed E-state index contributed by atoms with van der Waals surface area (Å²) in [6.07, 6.45) is 2.77. The molecule has 0 saturated heterocycles. The first-order chi connectivity index (χ1) is 8.26. The van der Waals surface area contributed by atoms with E-state index >= 15 is 0 Å². The lowest BCUT2D eigenvalue weighted by Gasteiger charge is -2.07. The zero-order valence-corrected chi connectivity index (χ0v) is 10.5. The molecule has 0 amide bonds. The highest BCUT2D eigenvalue weighted by molar-refractivity contribution is 6.31. The molecule has 1 aromatic heterocycles. The van der Waals surface area contributed by atoms with Crippen molar-refractivity contribution in [1.29, 1.82) is 0 Å². The molecule has 0 spiro atoms. The quantitative estimate of drug-likeness (QED) is 0.907. The lowest BCUT2D eigenvalue weighted by atomic mass is 10.1. The molecule has 90 valence electrons. The van der Waals surface area contributed by atoms with Gasteiger partial charge in [-0.25, -0.2) is 4.68 Å². The third-order valence-electron chi connectivity index (χ3n) is 2.62. The molecule has 0 bridgehead atoms. The van der Waals surface area contributed by atoms with Crippen LogP contribution in [-0.2, 0) is 13.1 Å². The van der Waals surface area contributed by atoms with Crippen LogP contribution >= 0.6 is 11.6 Å². The van der Waals surface area contributed by atoms with Crippen LogP contribution in [0.3, 0.4) is 0 Å². The van der Waals surface area contributed by atoms with Gasteiger partial charge in [-0.05, 0) is 18.1 Å². The number of aryl methyl sites for hydroxylation is 1. The van der Waals surface area contributed by atoms with Gasteiger partial charge in [-0.2, -0.15) is 0 Å². The molecular formula is C12H15ClN4. The van der Waals surface area contributed by atoms with E-state index in [1.54, 1.807) is 6.20 Å². The molecule has 0 fully saturated rings. The second kappa shape index (κ2) is 5.29. The molecule has 2 N–H and O–H groups in total. The fraction of sp³-hybridized carbons (Fsp3) is 0.333. The number of aromatic nitrogens is 3. The van der Waals surface area contributed by atoms with Gasteiger partial charge in [0, 0.05) is 23.7 Å². The van der Waals surface area contributed by atoms with Crippen LogP contribution in [0.2, 0.25) is 5.02 Å². The molecule has 1 heterocycles. The Morgan fingerprint density at radius 3 is 2.88 bits per heavy atom. The number of rotatable bonds is 4. The Hall–Kier alpha value is -1.39. The summed E-state index contributed by atoms with van der Waals surface area (Å²) in [5.41, 5.74) is 8.53. The maximum atomic E-state index is 6.15. The van der Waals surface area contributed by atoms with E-state index in [0.29, 0.717) is 11.6 Å². The summed E-state index contributed by atoms with van der Waals surface area (Å²) in [5, 5.41) is 8.68. The summed E-state index contributed by atoms with van der Waals surface area (Å²) >= 11 is 6.15. The summed E-state index contributed by atoms with van der Waals surface area (Å²) in [4.78, 5) is 0. The fourth-order valence-corrected chi connectivity index (χ4v) is 1.99. The molecule has 5 heteroatoms. The smallest absolute Gasteiger partial charge is 0.0886 e. The Morgan fingerprint density at radius 1 is 1.41 bits per heavy atom. The molecule has 1 aromatic carbocycles. The van der Waals surface area contributed by atoms with E-state index in [2.05, 4.69) is 17.2 Å². The molecule has 17 heavy (non-hydrogen) atoms. The Labute approximate surface area is 105 Å². The topological polar surface area (TPSA) is 56.7 Å². The lowest BCUT2D eigenvalue weighted by Crippen LogP contribution is -2.02. The van der Waals surface area contributed by atoms with Gasteiger partial charge in [0.1, 0.15) is 0 Å². The predicted molar refractivity (Wildman–Crippen MR) is 68.7 cm³/mol. The summed E-state index contributed by atoms with van der Waals surface area (Å²) in [6.45, 7) is 3.41. The maximum Gasteiger partial charge on any atom is 0.0886 e. The summed E-state index contributed by atoms with van der Waals surface area (Å²) in [5.74, 6) is 0. The van der Waals surface area contributed by atoms with Crippen molar-refractivity contribution in [3.05, 3.63) is 35.0 Å². The average Bonchev–Trinajstić information content (AvgIpc) is 2.78. The monoisotopic (exact) mass is 250 g/mol. The Kier molecular flexibility index (Phi) is 3.76. The van der Waals surface area contributed by atoms with Gasteiger partial charge in [-0.15, -0.1) is 5.10 Å². The van der Waals surface area contributed by atoms with Gasteiger partial charge < -0.3 is 5.73 Å². The predicted octanol–water partition coefficient (Wildman–Crippen LogP) is 2.47. The van der Waals surface area contributed by atoms with E-state index in [1.807, 2.05) is 22.9 Å². The standard InChI is InChI=1S/C12H15ClN4/c1-2-5-17-12(8-15-16-17)9-3-4-10(7-14)11(13)6-9/h3-4,6,8H,2,5,7,14H2,1H3. The van der Waals surface area contributed by atoms with Crippen LogP contribution in [0.15, 0.2) is 24.4 Å². The summed E-state index contributed by atoms with van der Waals surface area (Å²) < 4.78 is 1.88. The third kappa shape index (κ3) is 2.48. The van der Waals surface area contributed by atoms with Crippen molar-refractivity contribution in [2.24, 2.45) is 5.73 Å². The van der Waals surface area contributed by atoms with Gasteiger partial charge in [0.25, 0.3) is 0 Å². The van der Waals surface area contributed by atoms with E-state index in [4.69, 9.17) is 17.3 Å². The zero-order valence-electron chi connectivity index (χ0n) is 9.73. The van der Waals surface area contributed by atoms with Crippen molar-refractivity contribution in [3.8, 4) is 11.3 Å². The molecular weight excluding hydrogens is 236 g/mol. The van der Waals surface area contributed by atoms with Crippen molar-refractivity contribution < 1.29 is 0 Å². The first-order valence-corrected chi connectivity index (χ1v) is 6.01. The fourth-order valence-electron chi connectivity index (χ4n) is 1.73. The second-order valence-electron chi connectivity index (χ2n) is 3.85. The van der Waals surface area contributed by atoms with Crippen molar-refractivity contribution in [2.45, 2.75) is 26.4 Å². The number of hydrogen-bond acceptors (Lipinski definition) is 3. The van der Waals surface area contributed by atoms with Crippen molar-refractivity contribution in [2.75, 3.05) is 0 Å². The minimum absolute atomic E-state index is 0.450. The third-order valence-corrected chi connectivity index (χ3v) is 2.97. The highest BCUT2D eigenvalue weighted by atomic mass is 35.5. The largest absolute Gasteiger partial charge is 0.326 e. The number of nitrogens with zero attached hydrogens (tertiary/aromatic N) is 3. The van der Waals surface area contributed by atoms with E-state index in [9.17, 15) is 0 Å². The van der Waals surface area contributed by atoms with Gasteiger partial charge in [-0.1, -0.05) is 35.9 Å². The van der Waals surface area contributed by atoms with Gasteiger partial charge in [-0.3, -0.25) is 0 Å². The number of hydrogen-bond donors (Lipinski definition) is 1. The average molecular weight is 251 g/mol. The maximum absolute atomic E-state index is 6.15. The molecule has 4 nitrogen and oxygen atoms in total. The highest BCUT2D eigenvalue weighted by Crippen LogP contribution is 2.24. The van der Waals surface area contributed by atoms with Crippen LogP contribution in [0.4, 0.5) is 0 Å². The molecule has 2 rings (SSSR count). The Balaban J connectivity index is 2.39. The first kappa shape index (κ1) is 12.1. The first-order valence-electron chi connectivity index (χ1n) is 5.63. The second-order valence-corrected chi connectivity index (χ2v) is 4.26. The Morgan fingerprint density at radius 2 is 2.24 bits per heavy atom. The summed E-state index contributed by atoms with van der Waals surface area (Å²) in [7, 11) is 0. The lowest BCUT2D eigenvalue weighted by molar-refractivity contribution is 0.584. The van der Waals surface area contributed by atoms with Gasteiger partial charge in [0.2, 0.25) is 0 Å². The van der Waals surface area contributed by atoms with Crippen molar-refractivity contribution in [1.82, 2.24) is 15.0 Å². The van der Waals surface area contributed by atoms with Crippen LogP contribution in [-0.4, -0.2) is 15.0 Å². The van der Waals surface area contributed by atoms with Crippen LogP contribution < -0.4 is 5.73 Å². The molecule has 0 saturated carbocycles. The molecule has 0 aliphatic carbocycles. The van der Waals surface area contributed by atoms with Gasteiger partial charge in [0.05, 0.1) is 11.9 Å². The van der Waals surface area contributed by atoms with E-state index < -0.39 is 0 Å². The molecule has 0 aliphatic rings. The van der Waals surface area contributed by atoms with Crippen LogP contribution in [0.25, 0.3) is 11.3 Å². The molecule has 0 atom stereocenters. The van der Waals surface area contributed by atoms with Crippen molar-refractivity contribution >= 4 is 11.6 Å². The number of nitrogens with two attached hydrogens (primary N) is 1. The van der Waals surface area contributed by atoms with E-state index in [-0.39, 0.29) is 0 Å².